The Morgan fingerprint density at radius 1 is 0.385 bits per heavy atom. The molecule has 2 heterocycles. The highest BCUT2D eigenvalue weighted by Crippen LogP contribution is 2.53. The number of benzene rings is 9. The Bertz CT molecular complexity index is 3470. The first-order valence-electron chi connectivity index (χ1n) is 22.4. The van der Waals surface area contributed by atoms with Crippen LogP contribution in [0.15, 0.2) is 231 Å². The molecule has 11 aromatic rings. The quantitative estimate of drug-likeness (QED) is 0.113. The topological polar surface area (TPSA) is 43.6 Å². The van der Waals surface area contributed by atoms with Crippen molar-refractivity contribution in [1.82, 2.24) is 19.5 Å². The average Bonchev–Trinajstić information content (AvgIpc) is 3.84. The molecule has 1 aliphatic rings. The van der Waals surface area contributed by atoms with Crippen LogP contribution in [0.5, 0.6) is 0 Å². The largest absolute Gasteiger partial charge is 0.309 e. The highest BCUT2D eigenvalue weighted by Gasteiger charge is 2.42. The van der Waals surface area contributed by atoms with Crippen molar-refractivity contribution in [1.29, 1.82) is 0 Å². The molecule has 0 atom stereocenters. The molecular weight excluding hydrogens is 805 g/mol. The number of hydrogen-bond acceptors (Lipinski definition) is 3. The summed E-state index contributed by atoms with van der Waals surface area (Å²) in [6, 6.07) is 83.4. The molecule has 0 spiro atoms. The van der Waals surface area contributed by atoms with Gasteiger partial charge in [-0.1, -0.05) is 220 Å². The standard InChI is InChI=1S/C60H44N4Si/c1-60(2)51-35-17-15-33-49(51)55-52(60)37-38-54-56(55)50-34-16-18-36-53(50)64(54)44-25-19-23-42(39-44)58-61-57(41-21-7-3-8-22-41)62-59(63-58)43-24-20-32-48(40-43)65(45-26-9-4-10-27-45,46-28-11-5-12-29-46)47-30-13-6-14-31-47/h3-40H,1-2H3. The fraction of sp³-hybridized carbons (Fsp3) is 0.0500. The minimum atomic E-state index is -2.81. The second kappa shape index (κ2) is 15.4. The van der Waals surface area contributed by atoms with Crippen LogP contribution in [0.3, 0.4) is 0 Å². The maximum atomic E-state index is 5.36. The monoisotopic (exact) mass is 848 g/mol. The van der Waals surface area contributed by atoms with Gasteiger partial charge in [-0.2, -0.15) is 0 Å². The molecule has 9 aromatic carbocycles. The van der Waals surface area contributed by atoms with Crippen LogP contribution in [0.2, 0.25) is 0 Å². The summed E-state index contributed by atoms with van der Waals surface area (Å²) in [4.78, 5) is 15.8. The van der Waals surface area contributed by atoms with Crippen LogP contribution in [0, 0.1) is 0 Å². The molecule has 0 N–H and O–H groups in total. The van der Waals surface area contributed by atoms with Gasteiger partial charge in [-0.15, -0.1) is 0 Å². The summed E-state index contributed by atoms with van der Waals surface area (Å²) in [5, 5.41) is 7.73. The highest BCUT2D eigenvalue weighted by atomic mass is 28.3. The minimum Gasteiger partial charge on any atom is -0.309 e. The summed E-state index contributed by atoms with van der Waals surface area (Å²) in [7, 11) is -2.81. The maximum Gasteiger partial charge on any atom is 0.179 e. The van der Waals surface area contributed by atoms with E-state index < -0.39 is 8.07 Å². The van der Waals surface area contributed by atoms with E-state index in [1.807, 2.05) is 18.2 Å². The molecule has 0 amide bonds. The lowest BCUT2D eigenvalue weighted by atomic mass is 9.82. The molecule has 0 radical (unpaired) electrons. The maximum absolute atomic E-state index is 5.36. The van der Waals surface area contributed by atoms with Gasteiger partial charge in [0, 0.05) is 38.6 Å². The Kier molecular flexibility index (Phi) is 9.14. The second-order valence-electron chi connectivity index (χ2n) is 17.6. The molecule has 12 rings (SSSR count). The molecule has 308 valence electrons. The third-order valence-corrected chi connectivity index (χ3v) is 18.4. The lowest BCUT2D eigenvalue weighted by Crippen LogP contribution is -2.74. The zero-order valence-corrected chi connectivity index (χ0v) is 37.2. The van der Waals surface area contributed by atoms with E-state index in [4.69, 9.17) is 15.0 Å². The van der Waals surface area contributed by atoms with E-state index in [9.17, 15) is 0 Å². The molecule has 5 heteroatoms. The molecule has 0 saturated carbocycles. The Balaban J connectivity index is 1.05. The van der Waals surface area contributed by atoms with E-state index in [2.05, 4.69) is 231 Å². The number of aromatic nitrogens is 4. The van der Waals surface area contributed by atoms with Gasteiger partial charge in [0.1, 0.15) is 0 Å². The van der Waals surface area contributed by atoms with Crippen molar-refractivity contribution in [2.45, 2.75) is 19.3 Å². The molecule has 0 bridgehead atoms. The van der Waals surface area contributed by atoms with Gasteiger partial charge in [-0.3, -0.25) is 0 Å². The predicted molar refractivity (Wildman–Crippen MR) is 272 cm³/mol. The lowest BCUT2D eigenvalue weighted by molar-refractivity contribution is 0.661. The molecular formula is C60H44N4Si. The number of fused-ring (bicyclic) bond motifs is 7. The zero-order chi connectivity index (χ0) is 43.5. The number of nitrogens with zero attached hydrogens (tertiary/aromatic N) is 4. The summed E-state index contributed by atoms with van der Waals surface area (Å²) in [5.41, 5.74) is 11.5. The Labute approximate surface area is 380 Å². The van der Waals surface area contributed by atoms with Gasteiger partial charge in [-0.25, -0.2) is 15.0 Å². The first-order chi connectivity index (χ1) is 32.0. The van der Waals surface area contributed by atoms with Crippen molar-refractivity contribution in [2.24, 2.45) is 0 Å². The van der Waals surface area contributed by atoms with Crippen LogP contribution in [-0.2, 0) is 5.41 Å². The van der Waals surface area contributed by atoms with E-state index in [-0.39, 0.29) is 5.41 Å². The van der Waals surface area contributed by atoms with Crippen molar-refractivity contribution in [3.05, 3.63) is 242 Å². The Morgan fingerprint density at radius 3 is 1.52 bits per heavy atom. The molecule has 2 aromatic heterocycles. The van der Waals surface area contributed by atoms with Crippen LogP contribution in [0.1, 0.15) is 25.0 Å². The predicted octanol–water partition coefficient (Wildman–Crippen LogP) is 11.7. The smallest absolute Gasteiger partial charge is 0.179 e. The highest BCUT2D eigenvalue weighted by molar-refractivity contribution is 7.19. The lowest BCUT2D eigenvalue weighted by Gasteiger charge is -2.34. The van der Waals surface area contributed by atoms with Crippen LogP contribution >= 0.6 is 0 Å². The Morgan fingerprint density at radius 2 is 0.877 bits per heavy atom. The first kappa shape index (κ1) is 38.7. The van der Waals surface area contributed by atoms with E-state index in [1.54, 1.807) is 0 Å². The van der Waals surface area contributed by atoms with Gasteiger partial charge in [0.05, 0.1) is 11.0 Å². The number of rotatable bonds is 8. The number of para-hydroxylation sites is 1. The third kappa shape index (κ3) is 6.15. The normalized spacial score (nSPS) is 12.9. The molecule has 65 heavy (non-hydrogen) atoms. The van der Waals surface area contributed by atoms with Crippen LogP contribution in [0.4, 0.5) is 0 Å². The molecule has 0 aliphatic heterocycles. The molecule has 4 nitrogen and oxygen atoms in total. The van der Waals surface area contributed by atoms with E-state index >= 15 is 0 Å². The fourth-order valence-corrected chi connectivity index (χ4v) is 15.4. The molecule has 1 aliphatic carbocycles. The summed E-state index contributed by atoms with van der Waals surface area (Å²) < 4.78 is 2.41. The summed E-state index contributed by atoms with van der Waals surface area (Å²) in [6.07, 6.45) is 0. The van der Waals surface area contributed by atoms with Gasteiger partial charge >= 0.3 is 0 Å². The average molecular weight is 849 g/mol. The van der Waals surface area contributed by atoms with Crippen molar-refractivity contribution < 1.29 is 0 Å². The first-order valence-corrected chi connectivity index (χ1v) is 24.4. The van der Waals surface area contributed by atoms with Gasteiger partial charge in [0.25, 0.3) is 0 Å². The molecule has 0 unspecified atom stereocenters. The van der Waals surface area contributed by atoms with E-state index in [0.29, 0.717) is 17.5 Å². The van der Waals surface area contributed by atoms with Crippen molar-refractivity contribution in [3.63, 3.8) is 0 Å². The second-order valence-corrected chi connectivity index (χ2v) is 21.4. The molecule has 0 saturated heterocycles. The minimum absolute atomic E-state index is 0.0933. The molecule has 0 fully saturated rings. The zero-order valence-electron chi connectivity index (χ0n) is 36.2. The van der Waals surface area contributed by atoms with Gasteiger partial charge in [-0.05, 0) is 67.3 Å². The van der Waals surface area contributed by atoms with Crippen LogP contribution in [-0.4, -0.2) is 27.6 Å². The Hall–Kier alpha value is -7.99. The van der Waals surface area contributed by atoms with E-state index in [0.717, 1.165) is 27.9 Å². The third-order valence-electron chi connectivity index (χ3n) is 13.6. The van der Waals surface area contributed by atoms with E-state index in [1.165, 1.54) is 59.3 Å². The number of hydrogen-bond donors (Lipinski definition) is 0. The SMILES string of the molecule is CC1(C)c2ccccc2-c2c1ccc1c2c2ccccc2n1-c1cccc(-c2nc(-c3ccccc3)nc(-c3cccc([Si](c4ccccc4)(c4ccccc4)c4ccccc4)c3)n2)c1. The van der Waals surface area contributed by atoms with Crippen LogP contribution in [0.25, 0.3) is 72.8 Å². The summed E-state index contributed by atoms with van der Waals surface area (Å²) >= 11 is 0. The van der Waals surface area contributed by atoms with Crippen molar-refractivity contribution >= 4 is 50.6 Å². The van der Waals surface area contributed by atoms with Gasteiger partial charge in [0.15, 0.2) is 25.5 Å². The summed E-state index contributed by atoms with van der Waals surface area (Å²) in [5.74, 6) is 1.89. The van der Waals surface area contributed by atoms with Crippen molar-refractivity contribution in [3.8, 4) is 51.0 Å². The summed E-state index contributed by atoms with van der Waals surface area (Å²) in [6.45, 7) is 4.70. The van der Waals surface area contributed by atoms with Crippen molar-refractivity contribution in [2.75, 3.05) is 0 Å². The fourth-order valence-electron chi connectivity index (χ4n) is 10.6. The van der Waals surface area contributed by atoms with Gasteiger partial charge in [0.2, 0.25) is 0 Å². The van der Waals surface area contributed by atoms with Gasteiger partial charge < -0.3 is 4.57 Å². The van der Waals surface area contributed by atoms with Crippen LogP contribution < -0.4 is 20.7 Å².